The second kappa shape index (κ2) is 9.79. The van der Waals surface area contributed by atoms with Crippen molar-refractivity contribution < 1.29 is 27.9 Å². The first-order valence-electron chi connectivity index (χ1n) is 9.94. The maximum absolute atomic E-state index is 13.0. The van der Waals surface area contributed by atoms with E-state index in [1.54, 1.807) is 18.2 Å². The number of rotatable bonds is 8. The molecule has 1 heterocycles. The van der Waals surface area contributed by atoms with Crippen molar-refractivity contribution in [1.29, 1.82) is 0 Å². The van der Waals surface area contributed by atoms with Gasteiger partial charge >= 0.3 is 0 Å². The summed E-state index contributed by atoms with van der Waals surface area (Å²) in [7, 11) is -4.34. The van der Waals surface area contributed by atoms with Crippen LogP contribution in [0.2, 0.25) is 5.02 Å². The smallest absolute Gasteiger partial charge is 0.289 e. The number of sulfonamides is 1. The first-order valence-corrected chi connectivity index (χ1v) is 12.6. The molecule has 3 aromatic rings. The first kappa shape index (κ1) is 24.3. The van der Waals surface area contributed by atoms with Crippen LogP contribution in [-0.2, 0) is 16.6 Å². The summed E-state index contributed by atoms with van der Waals surface area (Å²) in [6.07, 6.45) is 0. The van der Waals surface area contributed by atoms with Gasteiger partial charge in [-0.05, 0) is 45.8 Å². The molecule has 0 radical (unpaired) electrons. The number of fused-ring (bicyclic) bond motifs is 1. The Balaban J connectivity index is 1.64. The van der Waals surface area contributed by atoms with E-state index in [0.717, 1.165) is 23.3 Å². The van der Waals surface area contributed by atoms with Gasteiger partial charge < -0.3 is 14.6 Å². The number of anilines is 1. The standard InChI is InChI=1S/C22H18BrClN2O7S/c23-15-8-20(33-12-14-11-32-19-6-3-4-13(10-27)22(14)19)17(9-16(15)24)25-34(30,31)21-7-2-1-5-18(21)26(28)29/h1-9,14,25,27H,10-12H2/t14-/m1/s1. The summed E-state index contributed by atoms with van der Waals surface area (Å²) >= 11 is 9.48. The fraction of sp³-hybridized carbons (Fsp3) is 0.182. The van der Waals surface area contributed by atoms with Crippen LogP contribution in [0.3, 0.4) is 0 Å². The molecular weight excluding hydrogens is 552 g/mol. The fourth-order valence-corrected chi connectivity index (χ4v) is 5.40. The van der Waals surface area contributed by atoms with Gasteiger partial charge in [0.1, 0.15) is 11.5 Å². The van der Waals surface area contributed by atoms with Crippen molar-refractivity contribution in [1.82, 2.24) is 0 Å². The molecule has 0 bridgehead atoms. The number of nitro benzene ring substituents is 1. The van der Waals surface area contributed by atoms with Crippen LogP contribution in [0.15, 0.2) is 64.0 Å². The SMILES string of the molecule is O=[N+]([O-])c1ccccc1S(=O)(=O)Nc1cc(Cl)c(Br)cc1OC[C@H]1COc2cccc(CO)c21. The lowest BCUT2D eigenvalue weighted by molar-refractivity contribution is -0.387. The Morgan fingerprint density at radius 3 is 2.74 bits per heavy atom. The number of nitrogens with one attached hydrogen (secondary N) is 1. The molecule has 0 unspecified atom stereocenters. The second-order valence-electron chi connectivity index (χ2n) is 7.40. The van der Waals surface area contributed by atoms with Gasteiger partial charge in [0.15, 0.2) is 4.90 Å². The Hall–Kier alpha value is -2.86. The van der Waals surface area contributed by atoms with E-state index in [1.165, 1.54) is 24.3 Å². The molecule has 34 heavy (non-hydrogen) atoms. The van der Waals surface area contributed by atoms with Crippen molar-refractivity contribution in [2.45, 2.75) is 17.4 Å². The minimum atomic E-state index is -4.34. The average Bonchev–Trinajstić information content (AvgIpc) is 3.23. The van der Waals surface area contributed by atoms with Gasteiger partial charge in [0.25, 0.3) is 15.7 Å². The summed E-state index contributed by atoms with van der Waals surface area (Å²) in [6.45, 7) is 0.299. The largest absolute Gasteiger partial charge is 0.493 e. The van der Waals surface area contributed by atoms with Crippen molar-refractivity contribution in [3.8, 4) is 11.5 Å². The number of halogens is 2. The van der Waals surface area contributed by atoms with Gasteiger partial charge in [-0.25, -0.2) is 8.42 Å². The summed E-state index contributed by atoms with van der Waals surface area (Å²) in [5, 5.41) is 21.2. The zero-order valence-corrected chi connectivity index (χ0v) is 20.6. The molecular formula is C22H18BrClN2O7S. The molecule has 2 N–H and O–H groups in total. The van der Waals surface area contributed by atoms with Crippen molar-refractivity contribution >= 4 is 48.9 Å². The maximum atomic E-state index is 13.0. The van der Waals surface area contributed by atoms with Crippen molar-refractivity contribution in [3.63, 3.8) is 0 Å². The van der Waals surface area contributed by atoms with Crippen LogP contribution in [0, 0.1) is 10.1 Å². The highest BCUT2D eigenvalue weighted by Gasteiger charge is 2.29. The lowest BCUT2D eigenvalue weighted by atomic mass is 9.97. The van der Waals surface area contributed by atoms with E-state index in [9.17, 15) is 23.6 Å². The maximum Gasteiger partial charge on any atom is 0.289 e. The summed E-state index contributed by atoms with van der Waals surface area (Å²) in [5.41, 5.74) is 1.01. The van der Waals surface area contributed by atoms with Crippen LogP contribution in [-0.4, -0.2) is 31.7 Å². The highest BCUT2D eigenvalue weighted by molar-refractivity contribution is 9.10. The number of para-hydroxylation sites is 1. The molecule has 0 fully saturated rings. The summed E-state index contributed by atoms with van der Waals surface area (Å²) in [4.78, 5) is 10.1. The van der Waals surface area contributed by atoms with Crippen molar-refractivity contribution in [2.75, 3.05) is 17.9 Å². The molecule has 178 valence electrons. The number of benzene rings is 3. The Labute approximate surface area is 208 Å². The molecule has 0 amide bonds. The van der Waals surface area contributed by atoms with Gasteiger partial charge in [-0.15, -0.1) is 0 Å². The third-order valence-electron chi connectivity index (χ3n) is 5.23. The van der Waals surface area contributed by atoms with Gasteiger partial charge in [-0.2, -0.15) is 0 Å². The first-order chi connectivity index (χ1) is 16.2. The zero-order chi connectivity index (χ0) is 24.5. The van der Waals surface area contributed by atoms with Gasteiger partial charge in [0.2, 0.25) is 0 Å². The topological polar surface area (TPSA) is 128 Å². The molecule has 1 atom stereocenters. The lowest BCUT2D eigenvalue weighted by Crippen LogP contribution is -2.17. The number of hydrogen-bond donors (Lipinski definition) is 2. The number of nitro groups is 1. The van der Waals surface area contributed by atoms with Crippen molar-refractivity contribution in [2.24, 2.45) is 0 Å². The van der Waals surface area contributed by atoms with Gasteiger partial charge in [0.05, 0.1) is 41.4 Å². The Kier molecular flexibility index (Phi) is 6.99. The van der Waals surface area contributed by atoms with E-state index in [0.29, 0.717) is 16.8 Å². The minimum absolute atomic E-state index is 0.0148. The molecule has 0 saturated carbocycles. The Morgan fingerprint density at radius 1 is 1.24 bits per heavy atom. The normalized spacial score (nSPS) is 14.9. The number of hydrogen-bond acceptors (Lipinski definition) is 7. The van der Waals surface area contributed by atoms with Crippen LogP contribution < -0.4 is 14.2 Å². The molecule has 12 heteroatoms. The van der Waals surface area contributed by atoms with E-state index in [4.69, 9.17) is 21.1 Å². The van der Waals surface area contributed by atoms with Crippen LogP contribution >= 0.6 is 27.5 Å². The van der Waals surface area contributed by atoms with E-state index in [2.05, 4.69) is 20.7 Å². The van der Waals surface area contributed by atoms with E-state index < -0.39 is 25.5 Å². The van der Waals surface area contributed by atoms with Gasteiger partial charge in [0, 0.05) is 16.1 Å². The Morgan fingerprint density at radius 2 is 2.00 bits per heavy atom. The molecule has 9 nitrogen and oxygen atoms in total. The fourth-order valence-electron chi connectivity index (χ4n) is 3.67. The number of nitrogens with zero attached hydrogens (tertiary/aromatic N) is 1. The van der Waals surface area contributed by atoms with Crippen molar-refractivity contribution in [3.05, 3.63) is 85.3 Å². The molecule has 1 aliphatic heterocycles. The quantitative estimate of drug-likeness (QED) is 0.293. The van der Waals surface area contributed by atoms with E-state index >= 15 is 0 Å². The van der Waals surface area contributed by atoms with E-state index in [-0.39, 0.29) is 35.6 Å². The number of aliphatic hydroxyl groups excluding tert-OH is 1. The second-order valence-corrected chi connectivity index (χ2v) is 10.3. The predicted molar refractivity (Wildman–Crippen MR) is 129 cm³/mol. The summed E-state index contributed by atoms with van der Waals surface area (Å²) in [6, 6.07) is 13.3. The van der Waals surface area contributed by atoms with Crippen LogP contribution in [0.4, 0.5) is 11.4 Å². The highest BCUT2D eigenvalue weighted by atomic mass is 79.9. The van der Waals surface area contributed by atoms with Gasteiger partial charge in [-0.1, -0.05) is 35.9 Å². The van der Waals surface area contributed by atoms with Crippen LogP contribution in [0.1, 0.15) is 17.0 Å². The monoisotopic (exact) mass is 568 g/mol. The molecule has 0 spiro atoms. The van der Waals surface area contributed by atoms with E-state index in [1.807, 2.05) is 0 Å². The molecule has 3 aromatic carbocycles. The number of ether oxygens (including phenoxy) is 2. The minimum Gasteiger partial charge on any atom is -0.493 e. The molecule has 4 rings (SSSR count). The lowest BCUT2D eigenvalue weighted by Gasteiger charge is -2.18. The molecule has 0 aliphatic carbocycles. The summed E-state index contributed by atoms with van der Waals surface area (Å²) in [5.74, 6) is 0.621. The molecule has 1 aliphatic rings. The summed E-state index contributed by atoms with van der Waals surface area (Å²) < 4.78 is 40.5. The number of aliphatic hydroxyl groups is 1. The Bertz CT molecular complexity index is 1370. The van der Waals surface area contributed by atoms with Crippen LogP contribution in [0.5, 0.6) is 11.5 Å². The van der Waals surface area contributed by atoms with Gasteiger partial charge in [-0.3, -0.25) is 14.8 Å². The predicted octanol–water partition coefficient (Wildman–Crippen LogP) is 4.86. The van der Waals surface area contributed by atoms with Crippen LogP contribution in [0.25, 0.3) is 0 Å². The average molecular weight is 570 g/mol. The zero-order valence-electron chi connectivity index (χ0n) is 17.4. The molecule has 0 saturated heterocycles. The molecule has 0 aromatic heterocycles. The third-order valence-corrected chi connectivity index (χ3v) is 7.84. The third kappa shape index (κ3) is 4.83. The highest BCUT2D eigenvalue weighted by Crippen LogP contribution is 2.40.